The molecule has 0 fully saturated rings. The van der Waals surface area contributed by atoms with Crippen molar-refractivity contribution in [2.75, 3.05) is 0 Å². The molecule has 2 aromatic rings. The maximum absolute atomic E-state index is 10.9. The van der Waals surface area contributed by atoms with Crippen LogP contribution in [0.3, 0.4) is 0 Å². The van der Waals surface area contributed by atoms with Gasteiger partial charge in [-0.05, 0) is 36.4 Å². The second-order valence-corrected chi connectivity index (χ2v) is 4.27. The van der Waals surface area contributed by atoms with Gasteiger partial charge in [0.05, 0.1) is 26.7 Å². The van der Waals surface area contributed by atoms with E-state index in [4.69, 9.17) is 5.11 Å². The Labute approximate surface area is 99.3 Å². The van der Waals surface area contributed by atoms with Gasteiger partial charge in [0.1, 0.15) is 0 Å². The monoisotopic (exact) mass is 317 g/mol. The van der Waals surface area contributed by atoms with E-state index < -0.39 is 5.97 Å². The van der Waals surface area contributed by atoms with Crippen molar-refractivity contribution in [3.63, 3.8) is 0 Å². The lowest BCUT2D eigenvalue weighted by Crippen LogP contribution is -2.05. The summed E-state index contributed by atoms with van der Waals surface area (Å²) < 4.78 is 2.27. The second kappa shape index (κ2) is 3.44. The van der Waals surface area contributed by atoms with Gasteiger partial charge in [-0.1, -0.05) is 0 Å². The Bertz CT molecular complexity index is 562. The Morgan fingerprint density at radius 3 is 2.80 bits per heavy atom. The van der Waals surface area contributed by atoms with Crippen LogP contribution in [0.4, 0.5) is 0 Å². The summed E-state index contributed by atoms with van der Waals surface area (Å²) in [5.41, 5.74) is 2.58. The Morgan fingerprint density at radius 2 is 2.20 bits per heavy atom. The molecule has 0 bridgehead atoms. The van der Waals surface area contributed by atoms with Gasteiger partial charge in [0, 0.05) is 0 Å². The first-order valence-electron chi connectivity index (χ1n) is 4.26. The van der Waals surface area contributed by atoms with Crippen molar-refractivity contribution in [1.82, 2.24) is 14.6 Å². The van der Waals surface area contributed by atoms with Crippen molar-refractivity contribution in [3.8, 4) is 0 Å². The van der Waals surface area contributed by atoms with Crippen LogP contribution in [0.1, 0.15) is 21.7 Å². The predicted octanol–water partition coefficient (Wildman–Crippen LogP) is 1.65. The maximum atomic E-state index is 10.9. The van der Waals surface area contributed by atoms with Gasteiger partial charge in [0.15, 0.2) is 5.65 Å². The van der Waals surface area contributed by atoms with Crippen LogP contribution in [-0.2, 0) is 0 Å². The lowest BCUT2D eigenvalue weighted by molar-refractivity contribution is 0.0695. The van der Waals surface area contributed by atoms with Crippen molar-refractivity contribution < 1.29 is 9.90 Å². The van der Waals surface area contributed by atoms with Crippen LogP contribution in [0.15, 0.2) is 6.20 Å². The van der Waals surface area contributed by atoms with Crippen LogP contribution in [0.2, 0.25) is 0 Å². The highest BCUT2D eigenvalue weighted by Gasteiger charge is 2.15. The fraction of sp³-hybridized carbons (Fsp3) is 0.222. The van der Waals surface area contributed by atoms with Crippen molar-refractivity contribution in [1.29, 1.82) is 0 Å². The fourth-order valence-electron chi connectivity index (χ4n) is 1.32. The van der Waals surface area contributed by atoms with E-state index in [9.17, 15) is 4.79 Å². The number of hydrogen-bond acceptors (Lipinski definition) is 3. The fourth-order valence-corrected chi connectivity index (χ4v) is 2.04. The number of fused-ring (bicyclic) bond motifs is 1. The average molecular weight is 317 g/mol. The topological polar surface area (TPSA) is 67.5 Å². The summed E-state index contributed by atoms with van der Waals surface area (Å²) in [6.07, 6.45) is 1.35. The number of aromatic nitrogens is 3. The summed E-state index contributed by atoms with van der Waals surface area (Å²) in [6.45, 7) is 3.78. The van der Waals surface area contributed by atoms with Gasteiger partial charge in [-0.15, -0.1) is 0 Å². The number of halogens is 1. The first-order chi connectivity index (χ1) is 7.02. The van der Waals surface area contributed by atoms with E-state index in [-0.39, 0.29) is 5.56 Å². The smallest absolute Gasteiger partial charge is 0.338 e. The SMILES string of the molecule is Cc1nc2c(I)c(C(=O)O)cnn2c1C. The predicted molar refractivity (Wildman–Crippen MR) is 62.1 cm³/mol. The summed E-state index contributed by atoms with van der Waals surface area (Å²) in [7, 11) is 0. The normalized spacial score (nSPS) is 10.9. The van der Waals surface area contributed by atoms with E-state index in [1.807, 2.05) is 36.4 Å². The molecule has 0 aliphatic carbocycles. The van der Waals surface area contributed by atoms with Gasteiger partial charge in [-0.3, -0.25) is 0 Å². The van der Waals surface area contributed by atoms with E-state index in [1.165, 1.54) is 6.20 Å². The summed E-state index contributed by atoms with van der Waals surface area (Å²) in [4.78, 5) is 15.2. The number of imidazole rings is 1. The number of rotatable bonds is 1. The molecule has 0 unspecified atom stereocenters. The molecule has 5 nitrogen and oxygen atoms in total. The summed E-state index contributed by atoms with van der Waals surface area (Å²) >= 11 is 1.98. The molecular formula is C9H8IN3O2. The Balaban J connectivity index is 2.85. The molecule has 2 rings (SSSR count). The third-order valence-electron chi connectivity index (χ3n) is 2.28. The number of hydrogen-bond donors (Lipinski definition) is 1. The molecule has 2 heterocycles. The van der Waals surface area contributed by atoms with Crippen molar-refractivity contribution >= 4 is 34.2 Å². The summed E-state index contributed by atoms with van der Waals surface area (Å²) in [6, 6.07) is 0. The minimum Gasteiger partial charge on any atom is -0.478 e. The molecule has 0 radical (unpaired) electrons. The van der Waals surface area contributed by atoms with Crippen LogP contribution < -0.4 is 0 Å². The molecule has 15 heavy (non-hydrogen) atoms. The van der Waals surface area contributed by atoms with Gasteiger partial charge >= 0.3 is 5.97 Å². The second-order valence-electron chi connectivity index (χ2n) is 3.20. The van der Waals surface area contributed by atoms with Gasteiger partial charge in [-0.2, -0.15) is 5.10 Å². The standard InChI is InChI=1S/C9H8IN3O2/c1-4-5(2)13-8(12-4)7(10)6(3-11-13)9(14)15/h3H,1-2H3,(H,14,15). The molecule has 0 amide bonds. The number of carboxylic acids is 1. The van der Waals surface area contributed by atoms with Crippen LogP contribution in [0, 0.1) is 17.4 Å². The molecule has 0 spiro atoms. The zero-order valence-electron chi connectivity index (χ0n) is 8.15. The highest BCUT2D eigenvalue weighted by atomic mass is 127. The summed E-state index contributed by atoms with van der Waals surface area (Å²) in [5.74, 6) is -0.979. The zero-order valence-corrected chi connectivity index (χ0v) is 10.3. The lowest BCUT2D eigenvalue weighted by Gasteiger charge is -2.00. The molecule has 0 aliphatic rings. The van der Waals surface area contributed by atoms with E-state index in [0.29, 0.717) is 9.22 Å². The minimum absolute atomic E-state index is 0.188. The van der Waals surface area contributed by atoms with E-state index >= 15 is 0 Å². The number of aromatic carboxylic acids is 1. The van der Waals surface area contributed by atoms with Crippen molar-refractivity contribution in [2.45, 2.75) is 13.8 Å². The summed E-state index contributed by atoms with van der Waals surface area (Å²) in [5, 5.41) is 13.0. The van der Waals surface area contributed by atoms with E-state index in [2.05, 4.69) is 10.1 Å². The first kappa shape index (κ1) is 10.3. The molecule has 78 valence electrons. The number of carboxylic acid groups (broad SMARTS) is 1. The molecule has 0 aliphatic heterocycles. The molecule has 6 heteroatoms. The van der Waals surface area contributed by atoms with Crippen LogP contribution in [0.5, 0.6) is 0 Å². The van der Waals surface area contributed by atoms with Crippen molar-refractivity contribution in [2.24, 2.45) is 0 Å². The molecule has 0 saturated heterocycles. The maximum Gasteiger partial charge on any atom is 0.338 e. The highest BCUT2D eigenvalue weighted by Crippen LogP contribution is 2.19. The van der Waals surface area contributed by atoms with E-state index in [1.54, 1.807) is 4.52 Å². The van der Waals surface area contributed by atoms with Crippen LogP contribution in [0.25, 0.3) is 5.65 Å². The molecule has 0 saturated carbocycles. The molecule has 2 aromatic heterocycles. The Morgan fingerprint density at radius 1 is 1.53 bits per heavy atom. The van der Waals surface area contributed by atoms with Crippen molar-refractivity contribution in [3.05, 3.63) is 26.7 Å². The lowest BCUT2D eigenvalue weighted by atomic mass is 10.3. The average Bonchev–Trinajstić information content (AvgIpc) is 2.45. The van der Waals surface area contributed by atoms with Gasteiger partial charge < -0.3 is 5.11 Å². The molecule has 0 atom stereocenters. The Kier molecular flexibility index (Phi) is 2.37. The third-order valence-corrected chi connectivity index (χ3v) is 3.34. The molecular weight excluding hydrogens is 309 g/mol. The first-order valence-corrected chi connectivity index (χ1v) is 5.34. The van der Waals surface area contributed by atoms with Crippen LogP contribution >= 0.6 is 22.6 Å². The quantitative estimate of drug-likeness (QED) is 0.812. The molecule has 0 aromatic carbocycles. The minimum atomic E-state index is -0.979. The number of nitrogens with zero attached hydrogens (tertiary/aromatic N) is 3. The number of carbonyl (C=O) groups is 1. The zero-order chi connectivity index (χ0) is 11.2. The van der Waals surface area contributed by atoms with Gasteiger partial charge in [0.25, 0.3) is 0 Å². The Hall–Kier alpha value is -1.18. The number of aryl methyl sites for hydroxylation is 2. The third kappa shape index (κ3) is 1.48. The van der Waals surface area contributed by atoms with Crippen LogP contribution in [-0.4, -0.2) is 25.7 Å². The largest absolute Gasteiger partial charge is 0.478 e. The van der Waals surface area contributed by atoms with E-state index in [0.717, 1.165) is 11.4 Å². The molecule has 1 N–H and O–H groups in total. The van der Waals surface area contributed by atoms with Gasteiger partial charge in [-0.25, -0.2) is 14.3 Å². The van der Waals surface area contributed by atoms with Gasteiger partial charge in [0.2, 0.25) is 0 Å². The highest BCUT2D eigenvalue weighted by molar-refractivity contribution is 14.1.